The van der Waals surface area contributed by atoms with E-state index in [-0.39, 0.29) is 0 Å². The summed E-state index contributed by atoms with van der Waals surface area (Å²) < 4.78 is 0. The minimum atomic E-state index is 0.670. The molecule has 2 N–H and O–H groups in total. The highest BCUT2D eigenvalue weighted by atomic mass is 15.3. The summed E-state index contributed by atoms with van der Waals surface area (Å²) >= 11 is 0. The molecule has 0 aliphatic carbocycles. The Labute approximate surface area is 54.1 Å². The Morgan fingerprint density at radius 2 is 2.78 bits per heavy atom. The number of hydrogen-bond acceptors (Lipinski definition) is 4. The van der Waals surface area contributed by atoms with Crippen LogP contribution in [0.15, 0.2) is 10.1 Å². The van der Waals surface area contributed by atoms with Crippen molar-refractivity contribution in [1.82, 2.24) is 10.7 Å². The average molecular weight is 126 g/mol. The zero-order valence-electron chi connectivity index (χ0n) is 5.22. The second-order valence-electron chi connectivity index (χ2n) is 1.75. The fourth-order valence-corrected chi connectivity index (χ4v) is 0.696. The monoisotopic (exact) mass is 126 g/mol. The molecule has 0 unspecified atom stereocenters. The molecule has 1 aliphatic heterocycles. The van der Waals surface area contributed by atoms with Crippen molar-refractivity contribution in [2.45, 2.75) is 0 Å². The summed E-state index contributed by atoms with van der Waals surface area (Å²) in [6.07, 6.45) is 0. The lowest BCUT2D eigenvalue weighted by Gasteiger charge is -1.98. The van der Waals surface area contributed by atoms with Crippen LogP contribution in [0.25, 0.3) is 0 Å². The molecule has 0 aromatic heterocycles. The first-order valence-electron chi connectivity index (χ1n) is 2.89. The van der Waals surface area contributed by atoms with Crippen LogP contribution >= 0.6 is 0 Å². The lowest BCUT2D eigenvalue weighted by atomic mass is 10.6. The van der Waals surface area contributed by atoms with E-state index in [1.165, 1.54) is 0 Å². The largest absolute Gasteiger partial charge is 0.370 e. The molecule has 1 heterocycles. The van der Waals surface area contributed by atoms with Gasteiger partial charge in [-0.15, -0.1) is 0 Å². The van der Waals surface area contributed by atoms with Crippen LogP contribution in [0, 0.1) is 0 Å². The van der Waals surface area contributed by atoms with Crippen LogP contribution in [0.4, 0.5) is 0 Å². The van der Waals surface area contributed by atoms with E-state index in [1.54, 1.807) is 0 Å². The predicted octanol–water partition coefficient (Wildman–Crippen LogP) is -0.807. The minimum Gasteiger partial charge on any atom is -0.370 e. The van der Waals surface area contributed by atoms with Crippen molar-refractivity contribution in [3.05, 3.63) is 0 Å². The highest BCUT2D eigenvalue weighted by Gasteiger charge is 2.01. The molecule has 4 heteroatoms. The summed E-state index contributed by atoms with van der Waals surface area (Å²) in [6, 6.07) is 0. The zero-order chi connectivity index (χ0) is 6.53. The van der Waals surface area contributed by atoms with Crippen molar-refractivity contribution < 1.29 is 0 Å². The molecule has 1 aliphatic rings. The van der Waals surface area contributed by atoms with E-state index in [0.29, 0.717) is 6.54 Å². The molecule has 0 fully saturated rings. The Bertz CT molecular complexity index is 129. The molecule has 0 radical (unpaired) electrons. The van der Waals surface area contributed by atoms with Crippen molar-refractivity contribution >= 4 is 12.6 Å². The van der Waals surface area contributed by atoms with Gasteiger partial charge in [-0.3, -0.25) is 4.99 Å². The lowest BCUT2D eigenvalue weighted by Crippen LogP contribution is -2.28. The average Bonchev–Trinajstić information content (AvgIpc) is 2.34. The second-order valence-corrected chi connectivity index (χ2v) is 1.75. The first kappa shape index (κ1) is 6.07. The highest BCUT2D eigenvalue weighted by molar-refractivity contribution is 5.85. The van der Waals surface area contributed by atoms with Gasteiger partial charge in [-0.25, -0.2) is 0 Å². The van der Waals surface area contributed by atoms with E-state index in [0.717, 1.165) is 18.9 Å². The number of amidine groups is 1. The number of hydrazone groups is 1. The third-order valence-electron chi connectivity index (χ3n) is 1.10. The molecule has 0 atom stereocenters. The van der Waals surface area contributed by atoms with E-state index in [2.05, 4.69) is 27.6 Å². The molecule has 1 rings (SSSR count). The Balaban J connectivity index is 2.18. The normalized spacial score (nSPS) is 16.2. The van der Waals surface area contributed by atoms with Gasteiger partial charge in [-0.1, -0.05) is 0 Å². The highest BCUT2D eigenvalue weighted by Crippen LogP contribution is 1.81. The van der Waals surface area contributed by atoms with Crippen LogP contribution in [0.1, 0.15) is 0 Å². The standard InChI is InChI=1S/C5H10N4/c1-6-9-4-5-7-2-3-8-5/h9H,1-4H2,(H,7,8). The quantitative estimate of drug-likeness (QED) is 0.384. The fraction of sp³-hybridized carbons (Fsp3) is 0.600. The topological polar surface area (TPSA) is 48.8 Å². The van der Waals surface area contributed by atoms with E-state index in [9.17, 15) is 0 Å². The number of nitrogens with zero attached hydrogens (tertiary/aromatic N) is 2. The van der Waals surface area contributed by atoms with Crippen LogP contribution in [0.2, 0.25) is 0 Å². The van der Waals surface area contributed by atoms with Crippen molar-refractivity contribution in [3.8, 4) is 0 Å². The van der Waals surface area contributed by atoms with E-state index in [1.807, 2.05) is 0 Å². The van der Waals surface area contributed by atoms with Gasteiger partial charge in [0.2, 0.25) is 0 Å². The number of nitrogens with one attached hydrogen (secondary N) is 2. The molecule has 0 spiro atoms. The summed E-state index contributed by atoms with van der Waals surface area (Å²) in [7, 11) is 0. The summed E-state index contributed by atoms with van der Waals surface area (Å²) in [5.41, 5.74) is 2.71. The first-order valence-corrected chi connectivity index (χ1v) is 2.89. The Morgan fingerprint density at radius 3 is 3.33 bits per heavy atom. The van der Waals surface area contributed by atoms with Gasteiger partial charge in [0.05, 0.1) is 13.1 Å². The van der Waals surface area contributed by atoms with Gasteiger partial charge >= 0.3 is 0 Å². The molecule has 0 amide bonds. The molecule has 0 aromatic carbocycles. The fourth-order valence-electron chi connectivity index (χ4n) is 0.696. The van der Waals surface area contributed by atoms with Crippen LogP contribution in [-0.4, -0.2) is 32.2 Å². The van der Waals surface area contributed by atoms with Crippen molar-refractivity contribution in [1.29, 1.82) is 0 Å². The molecule has 9 heavy (non-hydrogen) atoms. The molecule has 0 saturated heterocycles. The Morgan fingerprint density at radius 1 is 1.89 bits per heavy atom. The van der Waals surface area contributed by atoms with Crippen molar-refractivity contribution in [2.24, 2.45) is 10.1 Å². The molecular weight excluding hydrogens is 116 g/mol. The number of rotatable bonds is 3. The van der Waals surface area contributed by atoms with Gasteiger partial charge in [-0.05, 0) is 0 Å². The van der Waals surface area contributed by atoms with Gasteiger partial charge < -0.3 is 10.7 Å². The molecule has 0 bridgehead atoms. The maximum atomic E-state index is 4.13. The second kappa shape index (κ2) is 3.06. The maximum absolute atomic E-state index is 4.13. The molecule has 50 valence electrons. The van der Waals surface area contributed by atoms with Crippen LogP contribution in [0.5, 0.6) is 0 Å². The van der Waals surface area contributed by atoms with Gasteiger partial charge in [0.15, 0.2) is 0 Å². The summed E-state index contributed by atoms with van der Waals surface area (Å²) in [5.74, 6) is 0.974. The first-order chi connectivity index (χ1) is 4.43. The smallest absolute Gasteiger partial charge is 0.118 e. The van der Waals surface area contributed by atoms with Crippen LogP contribution < -0.4 is 10.7 Å². The molecule has 0 aromatic rings. The van der Waals surface area contributed by atoms with Crippen molar-refractivity contribution in [2.75, 3.05) is 19.6 Å². The van der Waals surface area contributed by atoms with E-state index in [4.69, 9.17) is 0 Å². The minimum absolute atomic E-state index is 0.670. The number of hydrogen-bond donors (Lipinski definition) is 2. The predicted molar refractivity (Wildman–Crippen MR) is 37.9 cm³/mol. The molecule has 4 nitrogen and oxygen atoms in total. The third kappa shape index (κ3) is 1.71. The maximum Gasteiger partial charge on any atom is 0.118 e. The molecule has 0 saturated carbocycles. The summed E-state index contributed by atoms with van der Waals surface area (Å²) in [5, 5.41) is 6.57. The van der Waals surface area contributed by atoms with Gasteiger partial charge in [0.1, 0.15) is 5.84 Å². The van der Waals surface area contributed by atoms with Gasteiger partial charge in [0.25, 0.3) is 0 Å². The lowest BCUT2D eigenvalue weighted by molar-refractivity contribution is 0.837. The molecular formula is C5H10N4. The summed E-state index contributed by atoms with van der Waals surface area (Å²) in [4.78, 5) is 4.13. The summed E-state index contributed by atoms with van der Waals surface area (Å²) in [6.45, 7) is 5.78. The van der Waals surface area contributed by atoms with Gasteiger partial charge in [0, 0.05) is 13.3 Å². The third-order valence-corrected chi connectivity index (χ3v) is 1.10. The number of aliphatic imine (C=N–C) groups is 1. The Kier molecular flexibility index (Phi) is 2.06. The Hall–Kier alpha value is -1.06. The van der Waals surface area contributed by atoms with Gasteiger partial charge in [-0.2, -0.15) is 5.10 Å². The van der Waals surface area contributed by atoms with Crippen LogP contribution in [0.3, 0.4) is 0 Å². The zero-order valence-corrected chi connectivity index (χ0v) is 5.22. The SMILES string of the molecule is C=NNCC1=NCCN1. The van der Waals surface area contributed by atoms with E-state index < -0.39 is 0 Å². The van der Waals surface area contributed by atoms with E-state index >= 15 is 0 Å². The van der Waals surface area contributed by atoms with Crippen molar-refractivity contribution in [3.63, 3.8) is 0 Å². The van der Waals surface area contributed by atoms with Crippen LogP contribution in [-0.2, 0) is 0 Å².